The molecule has 2 heterocycles. The number of ether oxygens (including phenoxy) is 3. The molecule has 0 spiro atoms. The van der Waals surface area contributed by atoms with Gasteiger partial charge in [0.2, 0.25) is 12.6 Å². The maximum atomic E-state index is 12.7. The first-order valence-corrected chi connectivity index (χ1v) is 8.63. The number of fused-ring (bicyclic) bond motifs is 1. The van der Waals surface area contributed by atoms with E-state index in [0.29, 0.717) is 28.3 Å². The number of halogens is 1. The average molecular weight is 392 g/mol. The van der Waals surface area contributed by atoms with Crippen LogP contribution >= 0.6 is 11.6 Å². The predicted octanol–water partition coefficient (Wildman–Crippen LogP) is 3.64. The van der Waals surface area contributed by atoms with E-state index in [4.69, 9.17) is 25.8 Å². The van der Waals surface area contributed by atoms with Crippen molar-refractivity contribution >= 4 is 29.1 Å². The number of hydrogen-bond acceptors (Lipinski definition) is 6. The Morgan fingerprint density at radius 3 is 2.56 bits per heavy atom. The van der Waals surface area contributed by atoms with Crippen molar-refractivity contribution in [1.82, 2.24) is 4.98 Å². The molecule has 1 aromatic carbocycles. The largest absolute Gasteiger partial charge is 0.454 e. The smallest absolute Gasteiger partial charge is 0.339 e. The summed E-state index contributed by atoms with van der Waals surface area (Å²) in [7, 11) is 0. The van der Waals surface area contributed by atoms with Crippen LogP contribution in [-0.4, -0.2) is 35.4 Å². The molecular formula is C19H18ClNO6. The Hall–Kier alpha value is -2.80. The highest BCUT2D eigenvalue weighted by molar-refractivity contribution is 6.32. The van der Waals surface area contributed by atoms with E-state index in [2.05, 4.69) is 4.98 Å². The summed E-state index contributed by atoms with van der Waals surface area (Å²) >= 11 is 6.07. The van der Waals surface area contributed by atoms with Crippen molar-refractivity contribution in [3.63, 3.8) is 0 Å². The van der Waals surface area contributed by atoms with Gasteiger partial charge in [-0.05, 0) is 45.4 Å². The Kier molecular flexibility index (Phi) is 4.97. The molecule has 1 aliphatic rings. The molecule has 0 fully saturated rings. The summed E-state index contributed by atoms with van der Waals surface area (Å²) in [5.41, 5.74) is 2.01. The molecule has 1 aromatic heterocycles. The number of H-pyrrole nitrogens is 1. The van der Waals surface area contributed by atoms with Gasteiger partial charge in [-0.25, -0.2) is 4.79 Å². The lowest BCUT2D eigenvalue weighted by molar-refractivity contribution is 0.0316. The highest BCUT2D eigenvalue weighted by Gasteiger charge is 2.27. The van der Waals surface area contributed by atoms with Crippen LogP contribution in [0.3, 0.4) is 0 Å². The second kappa shape index (κ2) is 7.08. The third-order valence-electron chi connectivity index (χ3n) is 4.35. The van der Waals surface area contributed by atoms with Crippen LogP contribution in [0, 0.1) is 13.8 Å². The van der Waals surface area contributed by atoms with Crippen molar-refractivity contribution < 1.29 is 28.6 Å². The maximum absolute atomic E-state index is 12.7. The molecule has 7 nitrogen and oxygen atoms in total. The topological polar surface area (TPSA) is 94.7 Å². The minimum Gasteiger partial charge on any atom is -0.454 e. The lowest BCUT2D eigenvalue weighted by atomic mass is 10.0. The van der Waals surface area contributed by atoms with Crippen LogP contribution < -0.4 is 9.47 Å². The van der Waals surface area contributed by atoms with Gasteiger partial charge >= 0.3 is 5.97 Å². The minimum absolute atomic E-state index is 0.0202. The Labute approximate surface area is 160 Å². The summed E-state index contributed by atoms with van der Waals surface area (Å²) in [4.78, 5) is 39.7. The molecule has 2 aromatic rings. The zero-order valence-corrected chi connectivity index (χ0v) is 16.0. The Balaban J connectivity index is 1.79. The number of benzene rings is 1. The second-order valence-corrected chi connectivity index (χ2v) is 6.69. The first kappa shape index (κ1) is 19.0. The quantitative estimate of drug-likeness (QED) is 0.617. The van der Waals surface area contributed by atoms with Crippen molar-refractivity contribution in [2.45, 2.75) is 33.8 Å². The Morgan fingerprint density at radius 1 is 1.22 bits per heavy atom. The number of Topliss-reactive ketones (excluding diaryl/α,β-unsaturated/α-hetero) is 2. The van der Waals surface area contributed by atoms with Crippen LogP contribution in [0.25, 0.3) is 0 Å². The van der Waals surface area contributed by atoms with Crippen LogP contribution in [-0.2, 0) is 4.74 Å². The fraction of sp³-hybridized carbons (Fsp3) is 0.316. The number of aromatic nitrogens is 1. The number of aryl methyl sites for hydroxylation is 1. The van der Waals surface area contributed by atoms with Gasteiger partial charge in [-0.1, -0.05) is 11.6 Å². The van der Waals surface area contributed by atoms with Gasteiger partial charge in [-0.15, -0.1) is 0 Å². The average Bonchev–Trinajstić information content (AvgIpc) is 3.18. The number of rotatable bonds is 5. The van der Waals surface area contributed by atoms with E-state index in [9.17, 15) is 14.4 Å². The zero-order chi connectivity index (χ0) is 19.9. The molecule has 0 unspecified atom stereocenters. The SMILES string of the molecule is CC(=O)c1c(C)[nH]c(C(=O)[C@@H](C)OC(=O)c2cc(Cl)c3c(c2)OCO3)c1C. The summed E-state index contributed by atoms with van der Waals surface area (Å²) in [6.45, 7) is 6.32. The number of nitrogens with one attached hydrogen (secondary N) is 1. The van der Waals surface area contributed by atoms with Crippen LogP contribution in [0.1, 0.15) is 56.3 Å². The lowest BCUT2D eigenvalue weighted by Gasteiger charge is -2.13. The highest BCUT2D eigenvalue weighted by Crippen LogP contribution is 2.40. The van der Waals surface area contributed by atoms with E-state index >= 15 is 0 Å². The lowest BCUT2D eigenvalue weighted by Crippen LogP contribution is -2.25. The molecule has 0 bridgehead atoms. The summed E-state index contributed by atoms with van der Waals surface area (Å²) in [6.07, 6.45) is -1.06. The van der Waals surface area contributed by atoms with Gasteiger partial charge in [0, 0.05) is 11.3 Å². The van der Waals surface area contributed by atoms with E-state index in [-0.39, 0.29) is 28.9 Å². The van der Waals surface area contributed by atoms with E-state index in [1.165, 1.54) is 26.0 Å². The number of hydrogen-bond donors (Lipinski definition) is 1. The number of esters is 1. The summed E-state index contributed by atoms with van der Waals surface area (Å²) in [5, 5.41) is 0.220. The van der Waals surface area contributed by atoms with E-state index in [1.807, 2.05) is 0 Å². The van der Waals surface area contributed by atoms with Crippen LogP contribution in [0.15, 0.2) is 12.1 Å². The molecule has 27 heavy (non-hydrogen) atoms. The second-order valence-electron chi connectivity index (χ2n) is 6.28. The van der Waals surface area contributed by atoms with Crippen LogP contribution in [0.2, 0.25) is 5.02 Å². The number of ketones is 2. The van der Waals surface area contributed by atoms with Crippen molar-refractivity contribution in [1.29, 1.82) is 0 Å². The van der Waals surface area contributed by atoms with Gasteiger partial charge in [0.25, 0.3) is 0 Å². The Morgan fingerprint density at radius 2 is 1.93 bits per heavy atom. The standard InChI is InChI=1S/C19H18ClNO6/c1-8-15(10(3)22)9(2)21-16(8)17(23)11(4)27-19(24)12-5-13(20)18-14(6-12)25-7-26-18/h5-6,11,21H,7H2,1-4H3/t11-/m1/s1. The molecule has 1 aliphatic heterocycles. The van der Waals surface area contributed by atoms with E-state index in [0.717, 1.165) is 0 Å². The van der Waals surface area contributed by atoms with E-state index < -0.39 is 17.9 Å². The minimum atomic E-state index is -1.06. The first-order chi connectivity index (χ1) is 12.7. The van der Waals surface area contributed by atoms with Gasteiger partial charge in [0.05, 0.1) is 16.3 Å². The van der Waals surface area contributed by atoms with Crippen LogP contribution in [0.5, 0.6) is 11.5 Å². The van der Waals surface area contributed by atoms with Gasteiger partial charge in [0.1, 0.15) is 0 Å². The monoisotopic (exact) mass is 391 g/mol. The van der Waals surface area contributed by atoms with Gasteiger partial charge in [-0.3, -0.25) is 9.59 Å². The molecule has 0 amide bonds. The molecule has 3 rings (SSSR count). The van der Waals surface area contributed by atoms with Crippen molar-refractivity contribution in [2.24, 2.45) is 0 Å². The zero-order valence-electron chi connectivity index (χ0n) is 15.3. The van der Waals surface area contributed by atoms with E-state index in [1.54, 1.807) is 13.8 Å². The summed E-state index contributed by atoms with van der Waals surface area (Å²) < 4.78 is 15.7. The van der Waals surface area contributed by atoms with Crippen molar-refractivity contribution in [3.8, 4) is 11.5 Å². The summed E-state index contributed by atoms with van der Waals surface area (Å²) in [5.74, 6) is -0.575. The summed E-state index contributed by atoms with van der Waals surface area (Å²) in [6, 6.07) is 2.85. The molecule has 0 aliphatic carbocycles. The van der Waals surface area contributed by atoms with Crippen molar-refractivity contribution in [3.05, 3.63) is 45.2 Å². The fourth-order valence-corrected chi connectivity index (χ4v) is 3.36. The number of carbonyl (C=O) groups is 3. The molecule has 0 saturated carbocycles. The first-order valence-electron chi connectivity index (χ1n) is 8.25. The molecular weight excluding hydrogens is 374 g/mol. The van der Waals surface area contributed by atoms with Crippen LogP contribution in [0.4, 0.5) is 0 Å². The van der Waals surface area contributed by atoms with Gasteiger partial charge in [0.15, 0.2) is 23.4 Å². The fourth-order valence-electron chi connectivity index (χ4n) is 3.10. The highest BCUT2D eigenvalue weighted by atomic mass is 35.5. The molecule has 142 valence electrons. The Bertz CT molecular complexity index is 962. The number of aromatic amines is 1. The maximum Gasteiger partial charge on any atom is 0.339 e. The number of carbonyl (C=O) groups excluding carboxylic acids is 3. The molecule has 0 saturated heterocycles. The third-order valence-corrected chi connectivity index (χ3v) is 4.63. The molecule has 8 heteroatoms. The predicted molar refractivity (Wildman–Crippen MR) is 97.1 cm³/mol. The molecule has 1 N–H and O–H groups in total. The normalized spacial score (nSPS) is 13.4. The molecule has 0 radical (unpaired) electrons. The van der Waals surface area contributed by atoms with Crippen molar-refractivity contribution in [2.75, 3.05) is 6.79 Å². The van der Waals surface area contributed by atoms with Gasteiger partial charge < -0.3 is 19.2 Å². The molecule has 1 atom stereocenters. The third kappa shape index (κ3) is 3.42. The van der Waals surface area contributed by atoms with Gasteiger partial charge in [-0.2, -0.15) is 0 Å².